The average molecular weight is 276 g/mol. The van der Waals surface area contributed by atoms with E-state index >= 15 is 0 Å². The van der Waals surface area contributed by atoms with Crippen molar-refractivity contribution in [1.82, 2.24) is 9.80 Å². The van der Waals surface area contributed by atoms with Crippen molar-refractivity contribution >= 4 is 11.8 Å². The summed E-state index contributed by atoms with van der Waals surface area (Å²) in [6, 6.07) is 0. The second-order valence-electron chi connectivity index (χ2n) is 6.28. The second-order valence-corrected chi connectivity index (χ2v) is 6.28. The van der Waals surface area contributed by atoms with Crippen LogP contribution >= 0.6 is 0 Å². The van der Waals surface area contributed by atoms with Crippen LogP contribution in [0.25, 0.3) is 0 Å². The molecule has 3 fully saturated rings. The molecule has 0 aromatic carbocycles. The Morgan fingerprint density at radius 2 is 1.60 bits per heavy atom. The molecule has 0 spiro atoms. The number of hydrogen-bond acceptors (Lipinski definition) is 4. The maximum atomic E-state index is 12.5. The van der Waals surface area contributed by atoms with Gasteiger partial charge in [0.05, 0.1) is 25.0 Å². The molecule has 2 heterocycles. The Hall–Kier alpha value is -1.20. The number of nitrogens with zero attached hydrogens (tertiary/aromatic N) is 2. The summed E-state index contributed by atoms with van der Waals surface area (Å²) in [5.41, 5.74) is 0. The molecule has 4 aliphatic rings. The molecule has 1 saturated carbocycles. The van der Waals surface area contributed by atoms with Crippen LogP contribution in [-0.4, -0.2) is 61.0 Å². The van der Waals surface area contributed by atoms with Crippen molar-refractivity contribution < 1.29 is 14.3 Å². The van der Waals surface area contributed by atoms with Crippen LogP contribution < -0.4 is 0 Å². The van der Waals surface area contributed by atoms with Crippen molar-refractivity contribution in [3.63, 3.8) is 0 Å². The van der Waals surface area contributed by atoms with Crippen LogP contribution in [0.2, 0.25) is 0 Å². The number of allylic oxidation sites excluding steroid dienone is 2. The molecule has 2 aliphatic heterocycles. The van der Waals surface area contributed by atoms with Crippen molar-refractivity contribution in [2.45, 2.75) is 6.42 Å². The Kier molecular flexibility index (Phi) is 2.93. The van der Waals surface area contributed by atoms with Gasteiger partial charge in [-0.05, 0) is 18.3 Å². The summed E-state index contributed by atoms with van der Waals surface area (Å²) in [6.07, 6.45) is 5.29. The topological polar surface area (TPSA) is 49.9 Å². The summed E-state index contributed by atoms with van der Waals surface area (Å²) in [7, 11) is 0. The molecular weight excluding hydrogens is 256 g/mol. The molecule has 20 heavy (non-hydrogen) atoms. The number of ether oxygens (including phenoxy) is 1. The van der Waals surface area contributed by atoms with Crippen molar-refractivity contribution in [3.8, 4) is 0 Å². The Morgan fingerprint density at radius 1 is 1.00 bits per heavy atom. The quantitative estimate of drug-likeness (QED) is 0.543. The lowest BCUT2D eigenvalue weighted by molar-refractivity contribution is -0.141. The highest BCUT2D eigenvalue weighted by molar-refractivity contribution is 6.06. The highest BCUT2D eigenvalue weighted by Gasteiger charge is 2.58. The van der Waals surface area contributed by atoms with Crippen LogP contribution in [0, 0.1) is 23.7 Å². The van der Waals surface area contributed by atoms with Gasteiger partial charge in [0.25, 0.3) is 0 Å². The zero-order chi connectivity index (χ0) is 13.7. The second kappa shape index (κ2) is 4.67. The Morgan fingerprint density at radius 3 is 2.20 bits per heavy atom. The number of rotatable bonds is 3. The van der Waals surface area contributed by atoms with E-state index in [1.165, 1.54) is 4.90 Å². The van der Waals surface area contributed by atoms with Crippen molar-refractivity contribution in [2.75, 3.05) is 39.4 Å². The molecule has 5 nitrogen and oxygen atoms in total. The average Bonchev–Trinajstić information content (AvgIpc) is 3.13. The lowest BCUT2D eigenvalue weighted by Gasteiger charge is -2.28. The summed E-state index contributed by atoms with van der Waals surface area (Å²) in [5.74, 6) is 0.671. The van der Waals surface area contributed by atoms with Gasteiger partial charge in [-0.1, -0.05) is 12.2 Å². The molecule has 5 heteroatoms. The maximum absolute atomic E-state index is 12.5. The molecule has 2 bridgehead atoms. The van der Waals surface area contributed by atoms with E-state index in [4.69, 9.17) is 4.74 Å². The third-order valence-electron chi connectivity index (χ3n) is 5.31. The Labute approximate surface area is 118 Å². The van der Waals surface area contributed by atoms with E-state index < -0.39 is 0 Å². The lowest BCUT2D eigenvalue weighted by atomic mass is 9.85. The van der Waals surface area contributed by atoms with Gasteiger partial charge < -0.3 is 4.74 Å². The molecule has 108 valence electrons. The van der Waals surface area contributed by atoms with Crippen molar-refractivity contribution in [2.24, 2.45) is 23.7 Å². The molecule has 4 atom stereocenters. The van der Waals surface area contributed by atoms with Crippen LogP contribution in [0.15, 0.2) is 12.2 Å². The number of imide groups is 1. The molecule has 0 N–H and O–H groups in total. The van der Waals surface area contributed by atoms with Crippen LogP contribution in [0.4, 0.5) is 0 Å². The minimum atomic E-state index is -0.0535. The van der Waals surface area contributed by atoms with Crippen molar-refractivity contribution in [3.05, 3.63) is 12.2 Å². The van der Waals surface area contributed by atoms with E-state index in [2.05, 4.69) is 17.1 Å². The van der Waals surface area contributed by atoms with E-state index in [0.29, 0.717) is 18.4 Å². The monoisotopic (exact) mass is 276 g/mol. The van der Waals surface area contributed by atoms with E-state index in [9.17, 15) is 9.59 Å². The molecule has 2 aliphatic carbocycles. The van der Waals surface area contributed by atoms with Gasteiger partial charge in [0.15, 0.2) is 0 Å². The Bertz CT molecular complexity index is 440. The predicted octanol–water partition coefficient (Wildman–Crippen LogP) is 0.126. The largest absolute Gasteiger partial charge is 0.379 e. The van der Waals surface area contributed by atoms with Gasteiger partial charge in [0.2, 0.25) is 11.8 Å². The molecule has 2 amide bonds. The predicted molar refractivity (Wildman–Crippen MR) is 71.7 cm³/mol. The number of hydrogen-bond donors (Lipinski definition) is 0. The van der Waals surface area contributed by atoms with Gasteiger partial charge >= 0.3 is 0 Å². The highest BCUT2D eigenvalue weighted by Crippen LogP contribution is 2.52. The molecule has 4 rings (SSSR count). The number of likely N-dealkylation sites (tertiary alicyclic amines) is 1. The number of morpholine rings is 1. The molecule has 0 aromatic rings. The van der Waals surface area contributed by atoms with Crippen molar-refractivity contribution in [1.29, 1.82) is 0 Å². The fraction of sp³-hybridized carbons (Fsp3) is 0.733. The summed E-state index contributed by atoms with van der Waals surface area (Å²) in [6.45, 7) is 4.63. The molecular formula is C15H20N2O3. The molecule has 2 saturated heterocycles. The zero-order valence-electron chi connectivity index (χ0n) is 11.5. The van der Waals surface area contributed by atoms with Gasteiger partial charge in [-0.2, -0.15) is 0 Å². The minimum absolute atomic E-state index is 0.0535. The van der Waals surface area contributed by atoms with Gasteiger partial charge in [0, 0.05) is 26.2 Å². The number of fused-ring (bicyclic) bond motifs is 5. The normalized spacial score (nSPS) is 39.9. The summed E-state index contributed by atoms with van der Waals surface area (Å²) < 4.78 is 5.31. The molecule has 0 aromatic heterocycles. The molecule has 0 unspecified atom stereocenters. The van der Waals surface area contributed by atoms with Crippen LogP contribution in [0.1, 0.15) is 6.42 Å². The first-order valence-corrected chi connectivity index (χ1v) is 7.59. The number of amides is 2. The summed E-state index contributed by atoms with van der Waals surface area (Å²) in [5, 5.41) is 0. The highest BCUT2D eigenvalue weighted by atomic mass is 16.5. The standard InChI is InChI=1S/C15H20N2O3/c18-14-12-10-1-2-11(9-10)13(12)15(19)17(14)4-3-16-5-7-20-8-6-16/h1-2,10-13H,3-9H2/t10-,11-,12-,13+/m0/s1. The smallest absolute Gasteiger partial charge is 0.233 e. The van der Waals surface area contributed by atoms with Gasteiger partial charge in [-0.3, -0.25) is 19.4 Å². The summed E-state index contributed by atoms with van der Waals surface area (Å²) in [4.78, 5) is 28.8. The first-order valence-electron chi connectivity index (χ1n) is 7.59. The zero-order valence-corrected chi connectivity index (χ0v) is 11.5. The van der Waals surface area contributed by atoms with E-state index in [1.54, 1.807) is 0 Å². The fourth-order valence-electron chi connectivity index (χ4n) is 4.25. The van der Waals surface area contributed by atoms with E-state index in [0.717, 1.165) is 39.3 Å². The van der Waals surface area contributed by atoms with Crippen LogP contribution in [-0.2, 0) is 14.3 Å². The fourth-order valence-corrected chi connectivity index (χ4v) is 4.25. The van der Waals surface area contributed by atoms with Gasteiger partial charge in [-0.25, -0.2) is 0 Å². The summed E-state index contributed by atoms with van der Waals surface area (Å²) >= 11 is 0. The minimum Gasteiger partial charge on any atom is -0.379 e. The maximum Gasteiger partial charge on any atom is 0.233 e. The van der Waals surface area contributed by atoms with Crippen LogP contribution in [0.5, 0.6) is 0 Å². The number of carbonyl (C=O) groups excluding carboxylic acids is 2. The third kappa shape index (κ3) is 1.76. The number of carbonyl (C=O) groups is 2. The SMILES string of the molecule is O=C1[C@@H]2[C@H](C(=O)N1CCN1CCOCC1)[C@H]1C=C[C@H]2C1. The van der Waals surface area contributed by atoms with Gasteiger partial charge in [-0.15, -0.1) is 0 Å². The van der Waals surface area contributed by atoms with Crippen LogP contribution in [0.3, 0.4) is 0 Å². The van der Waals surface area contributed by atoms with E-state index in [1.807, 2.05) is 0 Å². The third-order valence-corrected chi connectivity index (χ3v) is 5.31. The Balaban J connectivity index is 1.42. The lowest BCUT2D eigenvalue weighted by Crippen LogP contribution is -2.43. The first kappa shape index (κ1) is 12.5. The first-order chi connectivity index (χ1) is 9.75. The van der Waals surface area contributed by atoms with E-state index in [-0.39, 0.29) is 23.7 Å². The van der Waals surface area contributed by atoms with Gasteiger partial charge in [0.1, 0.15) is 0 Å². The molecule has 0 radical (unpaired) electrons.